The molecule has 2 heterocycles. The van der Waals surface area contributed by atoms with Gasteiger partial charge in [0.1, 0.15) is 18.2 Å². The zero-order valence-corrected chi connectivity index (χ0v) is 17.5. The number of hydrogen-bond acceptors (Lipinski definition) is 6. The maximum absolute atomic E-state index is 14.5. The summed E-state index contributed by atoms with van der Waals surface area (Å²) in [7, 11) is 1.79. The third-order valence-electron chi connectivity index (χ3n) is 5.10. The molecule has 0 N–H and O–H groups in total. The zero-order valence-electron chi connectivity index (χ0n) is 17.5. The Morgan fingerprint density at radius 3 is 2.47 bits per heavy atom. The van der Waals surface area contributed by atoms with Gasteiger partial charge in [0.15, 0.2) is 17.4 Å². The van der Waals surface area contributed by atoms with E-state index in [4.69, 9.17) is 14.7 Å². The molecule has 0 saturated carbocycles. The summed E-state index contributed by atoms with van der Waals surface area (Å²) < 4.78 is 80.3. The first-order valence-corrected chi connectivity index (χ1v) is 9.80. The van der Waals surface area contributed by atoms with Crippen molar-refractivity contribution in [3.63, 3.8) is 0 Å². The maximum atomic E-state index is 14.5. The Kier molecular flexibility index (Phi) is 5.87. The molecule has 1 aliphatic heterocycles. The predicted molar refractivity (Wildman–Crippen MR) is 109 cm³/mol. The van der Waals surface area contributed by atoms with E-state index in [0.717, 1.165) is 24.3 Å². The third-order valence-corrected chi connectivity index (χ3v) is 5.10. The number of rotatable bonds is 5. The van der Waals surface area contributed by atoms with E-state index in [9.17, 15) is 26.7 Å². The Hall–Kier alpha value is -4.14. The Bertz CT molecular complexity index is 1340. The van der Waals surface area contributed by atoms with Crippen LogP contribution in [-0.4, -0.2) is 23.1 Å². The van der Waals surface area contributed by atoms with Crippen LogP contribution in [-0.2, 0) is 19.3 Å². The number of aromatic nitrogens is 2. The SMILES string of the molecule is CN1CCn2c1cc(OCc1cc(F)c(Oc3ccc(C#N)c(C(F)(F)F)c3)c(F)c1)nc2=O. The number of benzene rings is 2. The van der Waals surface area contributed by atoms with Gasteiger partial charge in [0.2, 0.25) is 5.88 Å². The lowest BCUT2D eigenvalue weighted by Crippen LogP contribution is -2.22. The van der Waals surface area contributed by atoms with Crippen LogP contribution in [0.2, 0.25) is 0 Å². The Morgan fingerprint density at radius 1 is 1.12 bits per heavy atom. The zero-order chi connectivity index (χ0) is 24.6. The molecule has 2 aromatic carbocycles. The van der Waals surface area contributed by atoms with Crippen LogP contribution in [0, 0.1) is 23.0 Å². The van der Waals surface area contributed by atoms with E-state index in [1.807, 2.05) is 4.90 Å². The van der Waals surface area contributed by atoms with Crippen molar-refractivity contribution in [3.05, 3.63) is 75.2 Å². The topological polar surface area (TPSA) is 80.4 Å². The molecule has 12 heteroatoms. The van der Waals surface area contributed by atoms with Crippen LogP contribution in [0.25, 0.3) is 0 Å². The van der Waals surface area contributed by atoms with Crippen LogP contribution in [0.4, 0.5) is 27.8 Å². The molecular weight excluding hydrogens is 463 g/mol. The monoisotopic (exact) mass is 478 g/mol. The fourth-order valence-electron chi connectivity index (χ4n) is 3.43. The van der Waals surface area contributed by atoms with Crippen molar-refractivity contribution < 1.29 is 31.4 Å². The number of ether oxygens (including phenoxy) is 2. The molecule has 0 spiro atoms. The van der Waals surface area contributed by atoms with E-state index < -0.39 is 46.1 Å². The smallest absolute Gasteiger partial charge is 0.417 e. The number of nitriles is 1. The molecule has 0 atom stereocenters. The van der Waals surface area contributed by atoms with Gasteiger partial charge in [-0.1, -0.05) is 0 Å². The first-order chi connectivity index (χ1) is 16.1. The highest BCUT2D eigenvalue weighted by Gasteiger charge is 2.34. The van der Waals surface area contributed by atoms with E-state index in [-0.39, 0.29) is 18.1 Å². The minimum atomic E-state index is -4.86. The highest BCUT2D eigenvalue weighted by Crippen LogP contribution is 2.36. The summed E-state index contributed by atoms with van der Waals surface area (Å²) in [4.78, 5) is 17.7. The van der Waals surface area contributed by atoms with E-state index >= 15 is 0 Å². The number of likely N-dealkylation sites (N-methyl/N-ethyl adjacent to an activating group) is 1. The highest BCUT2D eigenvalue weighted by molar-refractivity contribution is 5.46. The molecule has 1 aromatic heterocycles. The standard InChI is InChI=1S/C22H15F5N4O3/c1-30-4-5-31-19(30)9-18(29-21(31)32)33-11-12-6-16(23)20(17(24)7-12)34-14-3-2-13(10-28)15(8-14)22(25,26)27/h2-3,6-9H,4-5,11H2,1H3. The van der Waals surface area contributed by atoms with E-state index in [0.29, 0.717) is 25.0 Å². The second-order valence-electron chi connectivity index (χ2n) is 7.40. The maximum Gasteiger partial charge on any atom is 0.417 e. The lowest BCUT2D eigenvalue weighted by molar-refractivity contribution is -0.137. The number of nitrogens with zero attached hydrogens (tertiary/aromatic N) is 4. The van der Waals surface area contributed by atoms with Gasteiger partial charge in [-0.2, -0.15) is 23.4 Å². The predicted octanol–water partition coefficient (Wildman–Crippen LogP) is 4.23. The average Bonchev–Trinajstić information content (AvgIpc) is 3.15. The van der Waals surface area contributed by atoms with E-state index in [1.54, 1.807) is 7.05 Å². The second kappa shape index (κ2) is 8.66. The van der Waals surface area contributed by atoms with Gasteiger partial charge in [0, 0.05) is 26.2 Å². The van der Waals surface area contributed by atoms with Crippen molar-refractivity contribution in [2.24, 2.45) is 0 Å². The summed E-state index contributed by atoms with van der Waals surface area (Å²) in [5, 5.41) is 8.84. The second-order valence-corrected chi connectivity index (χ2v) is 7.40. The molecule has 7 nitrogen and oxygen atoms in total. The van der Waals surface area contributed by atoms with Crippen molar-refractivity contribution in [2.75, 3.05) is 18.5 Å². The van der Waals surface area contributed by atoms with Gasteiger partial charge >= 0.3 is 11.9 Å². The summed E-state index contributed by atoms with van der Waals surface area (Å²) in [5.74, 6) is -3.21. The minimum absolute atomic E-state index is 0.0246. The molecule has 0 unspecified atom stereocenters. The fraction of sp³-hybridized carbons (Fsp3) is 0.227. The highest BCUT2D eigenvalue weighted by atomic mass is 19.4. The Morgan fingerprint density at radius 2 is 1.82 bits per heavy atom. The Balaban J connectivity index is 1.53. The number of hydrogen-bond donors (Lipinski definition) is 0. The molecule has 1 aliphatic rings. The molecule has 0 saturated heterocycles. The van der Waals surface area contributed by atoms with Crippen molar-refractivity contribution >= 4 is 5.82 Å². The van der Waals surface area contributed by atoms with Crippen molar-refractivity contribution in [3.8, 4) is 23.4 Å². The molecule has 3 aromatic rings. The number of anilines is 1. The van der Waals surface area contributed by atoms with E-state index in [1.165, 1.54) is 16.7 Å². The summed E-state index contributed by atoms with van der Waals surface area (Å²) in [6.07, 6.45) is -4.86. The number of fused-ring (bicyclic) bond motifs is 1. The van der Waals surface area contributed by atoms with Crippen LogP contribution in [0.5, 0.6) is 17.4 Å². The van der Waals surface area contributed by atoms with Crippen LogP contribution in [0.1, 0.15) is 16.7 Å². The van der Waals surface area contributed by atoms with E-state index in [2.05, 4.69) is 4.98 Å². The molecule has 34 heavy (non-hydrogen) atoms. The van der Waals surface area contributed by atoms with Crippen molar-refractivity contribution in [2.45, 2.75) is 19.3 Å². The van der Waals surface area contributed by atoms with Gasteiger partial charge in [-0.05, 0) is 35.9 Å². The van der Waals surface area contributed by atoms with Gasteiger partial charge < -0.3 is 14.4 Å². The first kappa shape index (κ1) is 23.0. The Labute approximate surface area is 189 Å². The minimum Gasteiger partial charge on any atom is -0.473 e. The number of alkyl halides is 3. The van der Waals surface area contributed by atoms with Gasteiger partial charge in [-0.15, -0.1) is 0 Å². The largest absolute Gasteiger partial charge is 0.473 e. The normalized spacial score (nSPS) is 12.9. The third kappa shape index (κ3) is 4.50. The van der Waals surface area contributed by atoms with Crippen LogP contribution >= 0.6 is 0 Å². The first-order valence-electron chi connectivity index (χ1n) is 9.80. The van der Waals surface area contributed by atoms with Crippen LogP contribution < -0.4 is 20.1 Å². The quantitative estimate of drug-likeness (QED) is 0.511. The molecule has 0 fully saturated rings. The number of halogens is 5. The molecule has 0 radical (unpaired) electrons. The molecular formula is C22H15F5N4O3. The van der Waals surface area contributed by atoms with Crippen LogP contribution in [0.15, 0.2) is 41.2 Å². The molecule has 4 rings (SSSR count). The molecule has 0 amide bonds. The summed E-state index contributed by atoms with van der Waals surface area (Å²) in [5.41, 5.74) is -2.42. The van der Waals surface area contributed by atoms with Gasteiger partial charge in [0.25, 0.3) is 0 Å². The summed E-state index contributed by atoms with van der Waals surface area (Å²) in [6, 6.07) is 7.05. The summed E-state index contributed by atoms with van der Waals surface area (Å²) >= 11 is 0. The summed E-state index contributed by atoms with van der Waals surface area (Å²) in [6.45, 7) is 0.782. The van der Waals surface area contributed by atoms with Crippen molar-refractivity contribution in [1.29, 1.82) is 5.26 Å². The lowest BCUT2D eigenvalue weighted by Gasteiger charge is -2.14. The molecule has 0 aliphatic carbocycles. The molecule has 176 valence electrons. The van der Waals surface area contributed by atoms with Crippen LogP contribution in [0.3, 0.4) is 0 Å². The van der Waals surface area contributed by atoms with Gasteiger partial charge in [-0.25, -0.2) is 13.6 Å². The molecule has 0 bridgehead atoms. The van der Waals surface area contributed by atoms with Gasteiger partial charge in [-0.3, -0.25) is 4.57 Å². The average molecular weight is 478 g/mol. The van der Waals surface area contributed by atoms with Gasteiger partial charge in [0.05, 0.1) is 17.2 Å². The fourth-order valence-corrected chi connectivity index (χ4v) is 3.43. The van der Waals surface area contributed by atoms with Crippen molar-refractivity contribution in [1.82, 2.24) is 9.55 Å². The lowest BCUT2D eigenvalue weighted by atomic mass is 10.1.